The molecule has 1 atom stereocenters. The predicted molar refractivity (Wildman–Crippen MR) is 74.1 cm³/mol. The van der Waals surface area contributed by atoms with E-state index in [1.165, 1.54) is 43.4 Å². The van der Waals surface area contributed by atoms with Crippen LogP contribution >= 0.6 is 0 Å². The van der Waals surface area contributed by atoms with E-state index in [-0.39, 0.29) is 6.04 Å². The van der Waals surface area contributed by atoms with E-state index >= 15 is 0 Å². The number of rotatable bonds is 5. The van der Waals surface area contributed by atoms with Crippen molar-refractivity contribution in [1.82, 2.24) is 5.32 Å². The van der Waals surface area contributed by atoms with Gasteiger partial charge in [0.2, 0.25) is 0 Å². The molecule has 0 saturated heterocycles. The summed E-state index contributed by atoms with van der Waals surface area (Å²) < 4.78 is 26.1. The number of allylic oxidation sites excluding steroid dienone is 1. The van der Waals surface area contributed by atoms with Gasteiger partial charge >= 0.3 is 0 Å². The van der Waals surface area contributed by atoms with Crippen molar-refractivity contribution in [3.63, 3.8) is 0 Å². The number of halogens is 2. The van der Waals surface area contributed by atoms with E-state index < -0.39 is 11.6 Å². The molecule has 0 fully saturated rings. The normalized spacial score (nSPS) is 17.1. The van der Waals surface area contributed by atoms with Gasteiger partial charge in [0.1, 0.15) is 0 Å². The quantitative estimate of drug-likeness (QED) is 0.794. The molecule has 0 radical (unpaired) electrons. The van der Waals surface area contributed by atoms with Gasteiger partial charge in [0.25, 0.3) is 0 Å². The lowest BCUT2D eigenvalue weighted by atomic mass is 9.92. The van der Waals surface area contributed by atoms with E-state index in [0.717, 1.165) is 18.4 Å². The molecule has 0 aliphatic heterocycles. The summed E-state index contributed by atoms with van der Waals surface area (Å²) in [6, 6.07) is 4.46. The molecule has 0 amide bonds. The van der Waals surface area contributed by atoms with Crippen molar-refractivity contribution >= 4 is 0 Å². The lowest BCUT2D eigenvalue weighted by Gasteiger charge is -2.20. The molecule has 1 aliphatic carbocycles. The van der Waals surface area contributed by atoms with Crippen LogP contribution in [-0.2, 0) is 6.42 Å². The van der Waals surface area contributed by atoms with Crippen LogP contribution in [0.3, 0.4) is 0 Å². The molecule has 1 unspecified atom stereocenters. The molecule has 3 heteroatoms. The summed E-state index contributed by atoms with van der Waals surface area (Å²) >= 11 is 0. The van der Waals surface area contributed by atoms with E-state index in [2.05, 4.69) is 11.4 Å². The SMILES string of the molecule is CNC(CC1=CCCCC1)Cc1ccc(F)c(F)c1. The number of hydrogen-bond donors (Lipinski definition) is 1. The Hall–Kier alpha value is -1.22. The van der Waals surface area contributed by atoms with Crippen LogP contribution in [0.2, 0.25) is 0 Å². The highest BCUT2D eigenvalue weighted by Gasteiger charge is 2.13. The van der Waals surface area contributed by atoms with Gasteiger partial charge in [0.05, 0.1) is 0 Å². The van der Waals surface area contributed by atoms with Crippen molar-refractivity contribution in [2.45, 2.75) is 44.6 Å². The molecule has 0 saturated carbocycles. The van der Waals surface area contributed by atoms with Gasteiger partial charge in [-0.2, -0.15) is 0 Å². The minimum Gasteiger partial charge on any atom is -0.316 e. The highest BCUT2D eigenvalue weighted by molar-refractivity contribution is 5.19. The van der Waals surface area contributed by atoms with Crippen LogP contribution in [0.25, 0.3) is 0 Å². The smallest absolute Gasteiger partial charge is 0.159 e. The van der Waals surface area contributed by atoms with Gasteiger partial charge in [-0.3, -0.25) is 0 Å². The Morgan fingerprint density at radius 1 is 1.16 bits per heavy atom. The monoisotopic (exact) mass is 265 g/mol. The third-order valence-electron chi connectivity index (χ3n) is 3.77. The van der Waals surface area contributed by atoms with Gasteiger partial charge in [-0.05, 0) is 63.3 Å². The third kappa shape index (κ3) is 4.13. The number of likely N-dealkylation sites (N-methyl/N-ethyl adjacent to an activating group) is 1. The van der Waals surface area contributed by atoms with Crippen LogP contribution in [0, 0.1) is 11.6 Å². The van der Waals surface area contributed by atoms with Crippen LogP contribution in [0.4, 0.5) is 8.78 Å². The second-order valence-corrected chi connectivity index (χ2v) is 5.25. The average molecular weight is 265 g/mol. The molecular formula is C16H21F2N. The summed E-state index contributed by atoms with van der Waals surface area (Å²) in [7, 11) is 1.92. The minimum absolute atomic E-state index is 0.286. The molecule has 0 spiro atoms. The fourth-order valence-electron chi connectivity index (χ4n) is 2.63. The number of hydrogen-bond acceptors (Lipinski definition) is 1. The predicted octanol–water partition coefficient (Wildman–Crippen LogP) is 3.99. The molecule has 1 nitrogen and oxygen atoms in total. The molecule has 1 aromatic carbocycles. The van der Waals surface area contributed by atoms with E-state index in [1.807, 2.05) is 7.05 Å². The van der Waals surface area contributed by atoms with Gasteiger partial charge in [0, 0.05) is 6.04 Å². The van der Waals surface area contributed by atoms with Crippen molar-refractivity contribution in [3.8, 4) is 0 Å². The lowest BCUT2D eigenvalue weighted by Crippen LogP contribution is -2.28. The topological polar surface area (TPSA) is 12.0 Å². The number of benzene rings is 1. The maximum absolute atomic E-state index is 13.2. The third-order valence-corrected chi connectivity index (χ3v) is 3.77. The first kappa shape index (κ1) is 14.2. The van der Waals surface area contributed by atoms with Gasteiger partial charge in [-0.15, -0.1) is 0 Å². The Morgan fingerprint density at radius 2 is 2.00 bits per heavy atom. The molecule has 1 aliphatic rings. The van der Waals surface area contributed by atoms with E-state index in [4.69, 9.17) is 0 Å². The van der Waals surface area contributed by atoms with Gasteiger partial charge in [-0.1, -0.05) is 17.7 Å². The summed E-state index contributed by atoms with van der Waals surface area (Å²) in [6.45, 7) is 0. The zero-order chi connectivity index (χ0) is 13.7. The van der Waals surface area contributed by atoms with Gasteiger partial charge in [0.15, 0.2) is 11.6 Å². The molecule has 19 heavy (non-hydrogen) atoms. The first-order chi connectivity index (χ1) is 9.19. The summed E-state index contributed by atoms with van der Waals surface area (Å²) in [4.78, 5) is 0. The van der Waals surface area contributed by atoms with Crippen molar-refractivity contribution < 1.29 is 8.78 Å². The first-order valence-corrected chi connectivity index (χ1v) is 6.98. The van der Waals surface area contributed by atoms with Crippen LogP contribution in [0.5, 0.6) is 0 Å². The standard InChI is InChI=1S/C16H21F2N/c1-19-14(9-12-5-3-2-4-6-12)10-13-7-8-15(17)16(18)11-13/h5,7-8,11,14,19H,2-4,6,9-10H2,1H3. The summed E-state index contributed by atoms with van der Waals surface area (Å²) in [5.41, 5.74) is 2.34. The second kappa shape index (κ2) is 6.80. The molecule has 2 rings (SSSR count). The van der Waals surface area contributed by atoms with Crippen LogP contribution in [0.15, 0.2) is 29.8 Å². The molecule has 1 aromatic rings. The van der Waals surface area contributed by atoms with Crippen molar-refractivity contribution in [2.75, 3.05) is 7.05 Å². The Balaban J connectivity index is 1.97. The zero-order valence-electron chi connectivity index (χ0n) is 11.4. The highest BCUT2D eigenvalue weighted by Crippen LogP contribution is 2.22. The van der Waals surface area contributed by atoms with E-state index in [9.17, 15) is 8.78 Å². The van der Waals surface area contributed by atoms with Crippen molar-refractivity contribution in [1.29, 1.82) is 0 Å². The van der Waals surface area contributed by atoms with E-state index in [0.29, 0.717) is 0 Å². The van der Waals surface area contributed by atoms with Gasteiger partial charge in [-0.25, -0.2) is 8.78 Å². The van der Waals surface area contributed by atoms with Crippen LogP contribution in [-0.4, -0.2) is 13.1 Å². The van der Waals surface area contributed by atoms with Crippen molar-refractivity contribution in [2.24, 2.45) is 0 Å². The Kier molecular flexibility index (Phi) is 5.08. The molecule has 1 N–H and O–H groups in total. The van der Waals surface area contributed by atoms with Crippen LogP contribution < -0.4 is 5.32 Å². The largest absolute Gasteiger partial charge is 0.316 e. The molecule has 0 heterocycles. The summed E-state index contributed by atoms with van der Waals surface area (Å²) in [6.07, 6.45) is 8.97. The zero-order valence-corrected chi connectivity index (χ0v) is 11.4. The van der Waals surface area contributed by atoms with Crippen molar-refractivity contribution in [3.05, 3.63) is 47.0 Å². The average Bonchev–Trinajstić information content (AvgIpc) is 2.43. The maximum Gasteiger partial charge on any atom is 0.159 e. The fourth-order valence-corrected chi connectivity index (χ4v) is 2.63. The van der Waals surface area contributed by atoms with E-state index in [1.54, 1.807) is 6.07 Å². The Morgan fingerprint density at radius 3 is 2.63 bits per heavy atom. The summed E-state index contributed by atoms with van der Waals surface area (Å²) in [5.74, 6) is -1.54. The highest BCUT2D eigenvalue weighted by atomic mass is 19.2. The maximum atomic E-state index is 13.2. The Labute approximate surface area is 113 Å². The second-order valence-electron chi connectivity index (χ2n) is 5.25. The molecular weight excluding hydrogens is 244 g/mol. The lowest BCUT2D eigenvalue weighted by molar-refractivity contribution is 0.501. The molecule has 0 aromatic heterocycles. The Bertz CT molecular complexity index is 454. The molecule has 104 valence electrons. The first-order valence-electron chi connectivity index (χ1n) is 6.98. The van der Waals surface area contributed by atoms with Gasteiger partial charge < -0.3 is 5.32 Å². The minimum atomic E-state index is -0.778. The fraction of sp³-hybridized carbons (Fsp3) is 0.500. The number of nitrogens with one attached hydrogen (secondary N) is 1. The summed E-state index contributed by atoms with van der Waals surface area (Å²) in [5, 5.41) is 3.27. The molecule has 0 bridgehead atoms. The van der Waals surface area contributed by atoms with Crippen LogP contribution in [0.1, 0.15) is 37.7 Å².